The number of hydrogen-bond donors (Lipinski definition) is 1. The van der Waals surface area contributed by atoms with Gasteiger partial charge in [0.15, 0.2) is 0 Å². The first-order chi connectivity index (χ1) is 9.72. The third-order valence-corrected chi connectivity index (χ3v) is 6.47. The molecule has 108 valence electrons. The molecule has 6 unspecified atom stereocenters. The van der Waals surface area contributed by atoms with E-state index in [1.54, 1.807) is 0 Å². The standard InChI is InChI=1S/C19H27N/c1-12-6-8-14(9-7-12)13(2)20-19-11-15-10-18(19)17-5-3-4-16(15)17/h6-9,13,15-20H,3-5,10-11H2,1-2H3. The number of aryl methyl sites for hydroxylation is 1. The van der Waals surface area contributed by atoms with Gasteiger partial charge in [0.25, 0.3) is 0 Å². The summed E-state index contributed by atoms with van der Waals surface area (Å²) < 4.78 is 0. The summed E-state index contributed by atoms with van der Waals surface area (Å²) in [4.78, 5) is 0. The average Bonchev–Trinajstić information content (AvgIpc) is 3.11. The summed E-state index contributed by atoms with van der Waals surface area (Å²) >= 11 is 0. The molecule has 0 amide bonds. The van der Waals surface area contributed by atoms with Crippen LogP contribution in [0.4, 0.5) is 0 Å². The summed E-state index contributed by atoms with van der Waals surface area (Å²) in [5.41, 5.74) is 2.80. The number of fused-ring (bicyclic) bond motifs is 5. The zero-order chi connectivity index (χ0) is 13.7. The van der Waals surface area contributed by atoms with Gasteiger partial charge in [0, 0.05) is 12.1 Å². The molecule has 6 atom stereocenters. The van der Waals surface area contributed by atoms with Gasteiger partial charge in [-0.15, -0.1) is 0 Å². The lowest BCUT2D eigenvalue weighted by molar-refractivity contribution is 0.200. The Hall–Kier alpha value is -0.820. The predicted octanol–water partition coefficient (Wildman–Crippen LogP) is 4.47. The van der Waals surface area contributed by atoms with E-state index in [4.69, 9.17) is 0 Å². The molecule has 1 heteroatoms. The van der Waals surface area contributed by atoms with Crippen LogP contribution in [0.5, 0.6) is 0 Å². The van der Waals surface area contributed by atoms with Crippen LogP contribution in [0.15, 0.2) is 24.3 Å². The van der Waals surface area contributed by atoms with E-state index in [9.17, 15) is 0 Å². The zero-order valence-corrected chi connectivity index (χ0v) is 12.8. The molecule has 1 aromatic carbocycles. The number of hydrogen-bond acceptors (Lipinski definition) is 1. The first-order valence-corrected chi connectivity index (χ1v) is 8.55. The predicted molar refractivity (Wildman–Crippen MR) is 83.6 cm³/mol. The van der Waals surface area contributed by atoms with Crippen molar-refractivity contribution in [2.45, 2.75) is 58.0 Å². The molecule has 3 fully saturated rings. The molecule has 0 aromatic heterocycles. The third kappa shape index (κ3) is 2.02. The van der Waals surface area contributed by atoms with E-state index in [-0.39, 0.29) is 0 Å². The molecular weight excluding hydrogens is 242 g/mol. The highest BCUT2D eigenvalue weighted by atomic mass is 15.0. The first-order valence-electron chi connectivity index (χ1n) is 8.55. The summed E-state index contributed by atoms with van der Waals surface area (Å²) in [6.07, 6.45) is 7.52. The molecule has 3 saturated carbocycles. The van der Waals surface area contributed by atoms with Crippen molar-refractivity contribution in [2.24, 2.45) is 23.7 Å². The van der Waals surface area contributed by atoms with Crippen molar-refractivity contribution in [2.75, 3.05) is 0 Å². The largest absolute Gasteiger partial charge is 0.307 e. The second-order valence-corrected chi connectivity index (χ2v) is 7.56. The molecule has 1 N–H and O–H groups in total. The SMILES string of the molecule is Cc1ccc(C(C)NC2CC3CC2C2CCCC32)cc1. The fraction of sp³-hybridized carbons (Fsp3) is 0.684. The van der Waals surface area contributed by atoms with Gasteiger partial charge in [-0.05, 0) is 68.8 Å². The second kappa shape index (κ2) is 4.87. The highest BCUT2D eigenvalue weighted by Gasteiger charge is 2.53. The quantitative estimate of drug-likeness (QED) is 0.853. The monoisotopic (exact) mass is 269 g/mol. The smallest absolute Gasteiger partial charge is 0.0294 e. The van der Waals surface area contributed by atoms with Gasteiger partial charge in [-0.1, -0.05) is 36.2 Å². The zero-order valence-electron chi connectivity index (χ0n) is 12.8. The van der Waals surface area contributed by atoms with E-state index in [2.05, 4.69) is 43.4 Å². The maximum absolute atomic E-state index is 3.96. The minimum Gasteiger partial charge on any atom is -0.307 e. The first kappa shape index (κ1) is 12.9. The van der Waals surface area contributed by atoms with Gasteiger partial charge in [-0.2, -0.15) is 0 Å². The molecule has 0 saturated heterocycles. The molecule has 1 aromatic rings. The molecule has 20 heavy (non-hydrogen) atoms. The molecule has 1 nitrogen and oxygen atoms in total. The van der Waals surface area contributed by atoms with Crippen molar-refractivity contribution in [3.05, 3.63) is 35.4 Å². The molecule has 0 heterocycles. The summed E-state index contributed by atoms with van der Waals surface area (Å²) in [6.45, 7) is 4.50. The minimum absolute atomic E-state index is 0.500. The van der Waals surface area contributed by atoms with Crippen LogP contribution in [0.2, 0.25) is 0 Å². The lowest BCUT2D eigenvalue weighted by Gasteiger charge is -2.34. The van der Waals surface area contributed by atoms with Gasteiger partial charge in [-0.3, -0.25) is 0 Å². The van der Waals surface area contributed by atoms with E-state index < -0.39 is 0 Å². The van der Waals surface area contributed by atoms with Crippen molar-refractivity contribution in [3.63, 3.8) is 0 Å². The maximum Gasteiger partial charge on any atom is 0.0294 e. The van der Waals surface area contributed by atoms with Gasteiger partial charge in [0.2, 0.25) is 0 Å². The number of nitrogens with one attached hydrogen (secondary N) is 1. The second-order valence-electron chi connectivity index (χ2n) is 7.56. The Morgan fingerprint density at radius 2 is 1.75 bits per heavy atom. The molecule has 3 aliphatic carbocycles. The van der Waals surface area contributed by atoms with Gasteiger partial charge >= 0.3 is 0 Å². The molecule has 4 rings (SSSR count). The Labute approximate surface area is 123 Å². The Balaban J connectivity index is 1.44. The normalized spacial score (nSPS) is 40.0. The molecule has 0 radical (unpaired) electrons. The van der Waals surface area contributed by atoms with Gasteiger partial charge in [-0.25, -0.2) is 0 Å². The topological polar surface area (TPSA) is 12.0 Å². The maximum atomic E-state index is 3.96. The summed E-state index contributed by atoms with van der Waals surface area (Å²) in [5, 5.41) is 3.96. The lowest BCUT2D eigenvalue weighted by Crippen LogP contribution is -2.40. The van der Waals surface area contributed by atoms with Crippen molar-refractivity contribution in [3.8, 4) is 0 Å². The summed E-state index contributed by atoms with van der Waals surface area (Å²) in [6, 6.07) is 10.3. The minimum atomic E-state index is 0.500. The molecule has 0 aliphatic heterocycles. The summed E-state index contributed by atoms with van der Waals surface area (Å²) in [7, 11) is 0. The summed E-state index contributed by atoms with van der Waals surface area (Å²) in [5.74, 6) is 4.21. The van der Waals surface area contributed by atoms with Crippen molar-refractivity contribution >= 4 is 0 Å². The fourth-order valence-corrected chi connectivity index (χ4v) is 5.53. The average molecular weight is 269 g/mol. The van der Waals surface area contributed by atoms with Crippen LogP contribution in [-0.2, 0) is 0 Å². The highest BCUT2D eigenvalue weighted by Crippen LogP contribution is 2.58. The lowest BCUT2D eigenvalue weighted by atomic mass is 9.79. The van der Waals surface area contributed by atoms with Crippen molar-refractivity contribution in [1.82, 2.24) is 5.32 Å². The van der Waals surface area contributed by atoms with Crippen LogP contribution in [0.1, 0.15) is 56.2 Å². The number of benzene rings is 1. The number of rotatable bonds is 3. The van der Waals surface area contributed by atoms with E-state index >= 15 is 0 Å². The van der Waals surface area contributed by atoms with Crippen LogP contribution < -0.4 is 5.32 Å². The van der Waals surface area contributed by atoms with Gasteiger partial charge in [0.1, 0.15) is 0 Å². The van der Waals surface area contributed by atoms with Crippen LogP contribution in [0, 0.1) is 30.6 Å². The van der Waals surface area contributed by atoms with Crippen LogP contribution in [0.3, 0.4) is 0 Å². The molecule has 2 bridgehead atoms. The Morgan fingerprint density at radius 1 is 1.00 bits per heavy atom. The van der Waals surface area contributed by atoms with E-state index in [1.165, 1.54) is 43.2 Å². The van der Waals surface area contributed by atoms with Crippen LogP contribution in [-0.4, -0.2) is 6.04 Å². The van der Waals surface area contributed by atoms with E-state index in [0.29, 0.717) is 6.04 Å². The Morgan fingerprint density at radius 3 is 2.55 bits per heavy atom. The van der Waals surface area contributed by atoms with Crippen LogP contribution in [0.25, 0.3) is 0 Å². The van der Waals surface area contributed by atoms with Gasteiger partial charge < -0.3 is 5.32 Å². The third-order valence-electron chi connectivity index (χ3n) is 6.47. The highest BCUT2D eigenvalue weighted by molar-refractivity contribution is 5.24. The Kier molecular flexibility index (Phi) is 3.14. The van der Waals surface area contributed by atoms with Gasteiger partial charge in [0.05, 0.1) is 0 Å². The fourth-order valence-electron chi connectivity index (χ4n) is 5.53. The molecule has 3 aliphatic rings. The van der Waals surface area contributed by atoms with Crippen LogP contribution >= 0.6 is 0 Å². The molecular formula is C19H27N. The van der Waals surface area contributed by atoms with E-state index in [1.807, 2.05) is 0 Å². The molecule has 0 spiro atoms. The Bertz CT molecular complexity index is 477. The van der Waals surface area contributed by atoms with Crippen molar-refractivity contribution < 1.29 is 0 Å². The van der Waals surface area contributed by atoms with E-state index in [0.717, 1.165) is 29.7 Å². The van der Waals surface area contributed by atoms with Crippen molar-refractivity contribution in [1.29, 1.82) is 0 Å².